The van der Waals surface area contributed by atoms with Crippen LogP contribution in [0.25, 0.3) is 11.2 Å². The van der Waals surface area contributed by atoms with Gasteiger partial charge in [-0.1, -0.05) is 6.92 Å². The molecule has 2 aromatic heterocycles. The van der Waals surface area contributed by atoms with Crippen LogP contribution in [0.15, 0.2) is 24.7 Å². The zero-order chi connectivity index (χ0) is 15.4. The Morgan fingerprint density at radius 2 is 2.05 bits per heavy atom. The number of ether oxygens (including phenoxy) is 1. The number of methoxy groups -OCH3 is 1. The lowest BCUT2D eigenvalue weighted by Crippen LogP contribution is -2.49. The number of piperidine rings is 1. The molecule has 6 heteroatoms. The summed E-state index contributed by atoms with van der Waals surface area (Å²) in [4.78, 5) is 15.5. The van der Waals surface area contributed by atoms with Gasteiger partial charge in [-0.25, -0.2) is 15.0 Å². The highest BCUT2D eigenvalue weighted by Crippen LogP contribution is 2.27. The molecule has 0 saturated carbocycles. The van der Waals surface area contributed by atoms with Gasteiger partial charge in [0.15, 0.2) is 5.65 Å². The summed E-state index contributed by atoms with van der Waals surface area (Å²) >= 11 is 0. The monoisotopic (exact) mass is 301 g/mol. The van der Waals surface area contributed by atoms with E-state index in [1.54, 1.807) is 19.5 Å². The number of pyridine rings is 1. The fraction of sp³-hybridized carbons (Fsp3) is 0.562. The molecule has 1 aliphatic rings. The van der Waals surface area contributed by atoms with Gasteiger partial charge in [-0.3, -0.25) is 0 Å². The Balaban J connectivity index is 1.80. The van der Waals surface area contributed by atoms with Gasteiger partial charge in [0, 0.05) is 51.4 Å². The van der Waals surface area contributed by atoms with Crippen LogP contribution in [0.4, 0.5) is 5.69 Å². The first-order chi connectivity index (χ1) is 10.8. The van der Waals surface area contributed by atoms with E-state index in [0.717, 1.165) is 37.4 Å². The van der Waals surface area contributed by atoms with Gasteiger partial charge in [-0.05, 0) is 18.4 Å². The van der Waals surface area contributed by atoms with Crippen molar-refractivity contribution in [3.8, 4) is 0 Å². The highest BCUT2D eigenvalue weighted by atomic mass is 16.5. The van der Waals surface area contributed by atoms with Crippen LogP contribution in [0, 0.1) is 5.92 Å². The lowest BCUT2D eigenvalue weighted by molar-refractivity contribution is 0.192. The second-order valence-electron chi connectivity index (χ2n) is 5.95. The van der Waals surface area contributed by atoms with Crippen LogP contribution < -0.4 is 10.2 Å². The third kappa shape index (κ3) is 3.34. The summed E-state index contributed by atoms with van der Waals surface area (Å²) < 4.78 is 5.13. The Hall–Kier alpha value is -1.79. The molecule has 3 rings (SSSR count). The summed E-state index contributed by atoms with van der Waals surface area (Å²) in [5.74, 6) is 0.633. The highest BCUT2D eigenvalue weighted by molar-refractivity contribution is 5.85. The third-order valence-corrected chi connectivity index (χ3v) is 4.09. The van der Waals surface area contributed by atoms with Crippen LogP contribution in [-0.2, 0) is 4.74 Å². The molecule has 0 spiro atoms. The quantitative estimate of drug-likeness (QED) is 0.844. The second kappa shape index (κ2) is 6.98. The molecule has 0 bridgehead atoms. The summed E-state index contributed by atoms with van der Waals surface area (Å²) in [5.41, 5.74) is 2.72. The molecule has 0 aromatic carbocycles. The molecule has 2 unspecified atom stereocenters. The zero-order valence-corrected chi connectivity index (χ0v) is 13.2. The Kier molecular flexibility index (Phi) is 4.80. The smallest absolute Gasteiger partial charge is 0.180 e. The minimum Gasteiger partial charge on any atom is -0.383 e. The van der Waals surface area contributed by atoms with Gasteiger partial charge < -0.3 is 15.0 Å². The highest BCUT2D eigenvalue weighted by Gasteiger charge is 2.25. The van der Waals surface area contributed by atoms with Gasteiger partial charge in [0.25, 0.3) is 0 Å². The normalized spacial score (nSPS) is 22.2. The summed E-state index contributed by atoms with van der Waals surface area (Å²) in [6.07, 6.45) is 6.43. The molecule has 1 N–H and O–H groups in total. The van der Waals surface area contributed by atoms with Gasteiger partial charge in [-0.2, -0.15) is 0 Å². The predicted octanol–water partition coefficient (Wildman–Crippen LogP) is 1.48. The van der Waals surface area contributed by atoms with Crippen LogP contribution >= 0.6 is 0 Å². The van der Waals surface area contributed by atoms with Gasteiger partial charge >= 0.3 is 0 Å². The first kappa shape index (κ1) is 15.1. The van der Waals surface area contributed by atoms with Crippen molar-refractivity contribution in [2.75, 3.05) is 38.3 Å². The van der Waals surface area contributed by atoms with Crippen LogP contribution in [0.3, 0.4) is 0 Å². The van der Waals surface area contributed by atoms with Crippen LogP contribution in [-0.4, -0.2) is 54.3 Å². The molecule has 1 fully saturated rings. The number of nitrogens with zero attached hydrogens (tertiary/aromatic N) is 4. The Morgan fingerprint density at radius 3 is 2.91 bits per heavy atom. The van der Waals surface area contributed by atoms with E-state index >= 15 is 0 Å². The maximum absolute atomic E-state index is 5.13. The van der Waals surface area contributed by atoms with E-state index < -0.39 is 0 Å². The molecule has 0 aliphatic carbocycles. The number of hydrogen-bond acceptors (Lipinski definition) is 6. The third-order valence-electron chi connectivity index (χ3n) is 4.09. The molecule has 6 nitrogen and oxygen atoms in total. The predicted molar refractivity (Wildman–Crippen MR) is 87.0 cm³/mol. The summed E-state index contributed by atoms with van der Waals surface area (Å²) in [7, 11) is 1.74. The molecular formula is C16H23N5O. The van der Waals surface area contributed by atoms with Crippen molar-refractivity contribution in [2.24, 2.45) is 5.92 Å². The zero-order valence-electron chi connectivity index (χ0n) is 13.2. The molecule has 1 saturated heterocycles. The number of rotatable bonds is 5. The summed E-state index contributed by atoms with van der Waals surface area (Å²) in [5, 5.41) is 3.58. The fourth-order valence-electron chi connectivity index (χ4n) is 3.18. The molecular weight excluding hydrogens is 278 g/mol. The molecule has 3 heterocycles. The second-order valence-corrected chi connectivity index (χ2v) is 5.95. The molecule has 118 valence electrons. The fourth-order valence-corrected chi connectivity index (χ4v) is 3.18. The SMILES string of the molecule is COCCNC1CC(C)CN(c2ccnc3nccnc23)C1. The first-order valence-electron chi connectivity index (χ1n) is 7.81. The van der Waals surface area contributed by atoms with Crippen molar-refractivity contribution in [1.29, 1.82) is 0 Å². The molecule has 22 heavy (non-hydrogen) atoms. The van der Waals surface area contributed by atoms with E-state index in [9.17, 15) is 0 Å². The number of fused-ring (bicyclic) bond motifs is 1. The van der Waals surface area contributed by atoms with Crippen molar-refractivity contribution < 1.29 is 4.74 Å². The minimum atomic E-state index is 0.471. The topological polar surface area (TPSA) is 63.2 Å². The molecule has 0 amide bonds. The Bertz CT molecular complexity index is 615. The molecule has 0 radical (unpaired) electrons. The molecule has 2 aromatic rings. The van der Waals surface area contributed by atoms with E-state index in [1.165, 1.54) is 6.42 Å². The van der Waals surface area contributed by atoms with Gasteiger partial charge in [-0.15, -0.1) is 0 Å². The van der Waals surface area contributed by atoms with Crippen LogP contribution in [0.2, 0.25) is 0 Å². The van der Waals surface area contributed by atoms with Gasteiger partial charge in [0.2, 0.25) is 0 Å². The summed E-state index contributed by atoms with van der Waals surface area (Å²) in [6.45, 7) is 5.95. The van der Waals surface area contributed by atoms with Crippen molar-refractivity contribution in [3.63, 3.8) is 0 Å². The summed E-state index contributed by atoms with van der Waals surface area (Å²) in [6, 6.07) is 2.51. The van der Waals surface area contributed by atoms with Gasteiger partial charge in [0.1, 0.15) is 5.52 Å². The number of aromatic nitrogens is 3. The average molecular weight is 301 g/mol. The van der Waals surface area contributed by atoms with Crippen LogP contribution in [0.5, 0.6) is 0 Å². The largest absolute Gasteiger partial charge is 0.383 e. The van der Waals surface area contributed by atoms with E-state index in [2.05, 4.69) is 32.1 Å². The van der Waals surface area contributed by atoms with Crippen molar-refractivity contribution in [1.82, 2.24) is 20.3 Å². The lowest BCUT2D eigenvalue weighted by Gasteiger charge is -2.38. The molecule has 1 aliphatic heterocycles. The van der Waals surface area contributed by atoms with Crippen LogP contribution in [0.1, 0.15) is 13.3 Å². The van der Waals surface area contributed by atoms with E-state index in [1.807, 2.05) is 12.3 Å². The Labute approximate surface area is 130 Å². The van der Waals surface area contributed by atoms with Crippen molar-refractivity contribution in [2.45, 2.75) is 19.4 Å². The van der Waals surface area contributed by atoms with E-state index in [0.29, 0.717) is 17.6 Å². The Morgan fingerprint density at radius 1 is 1.23 bits per heavy atom. The standard InChI is InChI=1S/C16H23N5O/c1-12-9-13(17-7-8-22-2)11-21(10-12)14-3-4-19-16-15(14)18-5-6-20-16/h3-6,12-13,17H,7-11H2,1-2H3. The lowest BCUT2D eigenvalue weighted by atomic mass is 9.95. The van der Waals surface area contributed by atoms with Crippen molar-refractivity contribution in [3.05, 3.63) is 24.7 Å². The van der Waals surface area contributed by atoms with Gasteiger partial charge in [0.05, 0.1) is 12.3 Å². The maximum Gasteiger partial charge on any atom is 0.180 e. The number of anilines is 1. The average Bonchev–Trinajstić information content (AvgIpc) is 2.54. The van der Waals surface area contributed by atoms with E-state index in [-0.39, 0.29) is 0 Å². The molecule has 2 atom stereocenters. The minimum absolute atomic E-state index is 0.471. The number of hydrogen-bond donors (Lipinski definition) is 1. The first-order valence-corrected chi connectivity index (χ1v) is 7.81. The number of nitrogens with one attached hydrogen (secondary N) is 1. The van der Waals surface area contributed by atoms with Crippen molar-refractivity contribution >= 4 is 16.9 Å². The maximum atomic E-state index is 5.13. The van der Waals surface area contributed by atoms with E-state index in [4.69, 9.17) is 4.74 Å².